The average Bonchev–Trinajstić information content (AvgIpc) is 2.94. The Morgan fingerprint density at radius 1 is 1.79 bits per heavy atom. The summed E-state index contributed by atoms with van der Waals surface area (Å²) in [6.45, 7) is 6.73. The summed E-state index contributed by atoms with van der Waals surface area (Å²) in [7, 11) is 0. The number of rotatable bonds is 5. The maximum atomic E-state index is 4.18. The van der Waals surface area contributed by atoms with E-state index in [0.29, 0.717) is 12.1 Å². The van der Waals surface area contributed by atoms with Crippen molar-refractivity contribution in [3.05, 3.63) is 30.9 Å². The van der Waals surface area contributed by atoms with Crippen molar-refractivity contribution in [2.75, 3.05) is 0 Å². The van der Waals surface area contributed by atoms with Crippen molar-refractivity contribution in [3.8, 4) is 0 Å². The quantitative estimate of drug-likeness (QED) is 0.720. The first kappa shape index (κ1) is 9.46. The van der Waals surface area contributed by atoms with Crippen molar-refractivity contribution in [2.24, 2.45) is 0 Å². The maximum Gasteiger partial charge on any atom is 0.0951 e. The molecule has 1 aliphatic carbocycles. The number of nitrogens with one attached hydrogen (secondary N) is 1. The van der Waals surface area contributed by atoms with E-state index in [1.54, 1.807) is 0 Å². The Morgan fingerprint density at radius 3 is 3.21 bits per heavy atom. The second-order valence-electron chi connectivity index (χ2n) is 3.93. The zero-order valence-corrected chi connectivity index (χ0v) is 8.61. The molecule has 0 radical (unpaired) electrons. The van der Waals surface area contributed by atoms with E-state index in [4.69, 9.17) is 0 Å². The van der Waals surface area contributed by atoms with E-state index in [1.165, 1.54) is 18.5 Å². The van der Waals surface area contributed by atoms with Gasteiger partial charge in [0, 0.05) is 24.8 Å². The Bertz CT molecular complexity index is 312. The third-order valence-electron chi connectivity index (χ3n) is 2.65. The van der Waals surface area contributed by atoms with Gasteiger partial charge in [0.1, 0.15) is 0 Å². The van der Waals surface area contributed by atoms with Crippen LogP contribution in [0.4, 0.5) is 0 Å². The van der Waals surface area contributed by atoms with Gasteiger partial charge in [0.15, 0.2) is 0 Å². The number of hydrogen-bond acceptors (Lipinski definition) is 2. The minimum Gasteiger partial charge on any atom is -0.330 e. The predicted molar refractivity (Wildman–Crippen MR) is 57.0 cm³/mol. The molecule has 1 N–H and O–H groups in total. The predicted octanol–water partition coefficient (Wildman–Crippen LogP) is 1.88. The van der Waals surface area contributed by atoms with Crippen molar-refractivity contribution >= 4 is 0 Å². The maximum absolute atomic E-state index is 4.18. The molecule has 1 atom stereocenters. The first-order valence-electron chi connectivity index (χ1n) is 5.18. The molecule has 1 aromatic heterocycles. The minimum atomic E-state index is 0.359. The van der Waals surface area contributed by atoms with Gasteiger partial charge < -0.3 is 9.88 Å². The average molecular weight is 191 g/mol. The fourth-order valence-electron chi connectivity index (χ4n) is 1.50. The Labute approximate surface area is 84.8 Å². The second-order valence-corrected chi connectivity index (χ2v) is 3.93. The van der Waals surface area contributed by atoms with Crippen molar-refractivity contribution < 1.29 is 0 Å². The summed E-state index contributed by atoms with van der Waals surface area (Å²) in [6.07, 6.45) is 8.41. The van der Waals surface area contributed by atoms with Gasteiger partial charge in [-0.25, -0.2) is 4.98 Å². The molecule has 14 heavy (non-hydrogen) atoms. The number of aromatic nitrogens is 2. The third-order valence-corrected chi connectivity index (χ3v) is 2.65. The van der Waals surface area contributed by atoms with Crippen LogP contribution < -0.4 is 5.32 Å². The van der Waals surface area contributed by atoms with Gasteiger partial charge in [0.25, 0.3) is 0 Å². The molecule has 1 saturated carbocycles. The van der Waals surface area contributed by atoms with Crippen molar-refractivity contribution in [1.82, 2.24) is 14.9 Å². The molecule has 0 bridgehead atoms. The van der Waals surface area contributed by atoms with Gasteiger partial charge in [-0.05, 0) is 19.8 Å². The van der Waals surface area contributed by atoms with Crippen LogP contribution in [0.5, 0.6) is 0 Å². The molecule has 0 saturated heterocycles. The van der Waals surface area contributed by atoms with E-state index in [0.717, 1.165) is 6.54 Å². The van der Waals surface area contributed by atoms with Crippen LogP contribution in [0.25, 0.3) is 0 Å². The van der Waals surface area contributed by atoms with E-state index in [1.807, 2.05) is 18.6 Å². The largest absolute Gasteiger partial charge is 0.330 e. The Morgan fingerprint density at radius 2 is 2.57 bits per heavy atom. The summed E-state index contributed by atoms with van der Waals surface area (Å²) in [6, 6.07) is 1.07. The van der Waals surface area contributed by atoms with Gasteiger partial charge in [-0.2, -0.15) is 0 Å². The van der Waals surface area contributed by atoms with E-state index < -0.39 is 0 Å². The van der Waals surface area contributed by atoms with Gasteiger partial charge in [0.2, 0.25) is 0 Å². The van der Waals surface area contributed by atoms with Crippen molar-refractivity contribution in [3.63, 3.8) is 0 Å². The Kier molecular flexibility index (Phi) is 2.68. The van der Waals surface area contributed by atoms with Crippen LogP contribution in [-0.4, -0.2) is 15.6 Å². The molecule has 1 fully saturated rings. The molecule has 1 aromatic rings. The van der Waals surface area contributed by atoms with Crippen LogP contribution in [0.15, 0.2) is 25.2 Å². The van der Waals surface area contributed by atoms with Crippen LogP contribution in [0.3, 0.4) is 0 Å². The standard InChI is InChI=1S/C11H17N3/c1-3-9(2)13-7-11-6-12-8-14(11)10-4-5-10/h3,6,8-10,13H,1,4-5,7H2,2H3. The fraction of sp³-hybridized carbons (Fsp3) is 0.545. The molecule has 2 rings (SSSR count). The number of nitrogens with zero attached hydrogens (tertiary/aromatic N) is 2. The molecule has 0 aliphatic heterocycles. The summed E-state index contributed by atoms with van der Waals surface area (Å²) >= 11 is 0. The monoisotopic (exact) mass is 191 g/mol. The summed E-state index contributed by atoms with van der Waals surface area (Å²) in [4.78, 5) is 4.18. The van der Waals surface area contributed by atoms with Gasteiger partial charge in [0.05, 0.1) is 12.0 Å². The summed E-state index contributed by atoms with van der Waals surface area (Å²) < 4.78 is 2.28. The van der Waals surface area contributed by atoms with Gasteiger partial charge >= 0.3 is 0 Å². The molecule has 0 spiro atoms. The van der Waals surface area contributed by atoms with Gasteiger partial charge in [-0.15, -0.1) is 6.58 Å². The summed E-state index contributed by atoms with van der Waals surface area (Å²) in [5.41, 5.74) is 1.28. The lowest BCUT2D eigenvalue weighted by atomic mass is 10.3. The van der Waals surface area contributed by atoms with Gasteiger partial charge in [-0.3, -0.25) is 0 Å². The summed E-state index contributed by atoms with van der Waals surface area (Å²) in [5.74, 6) is 0. The highest BCUT2D eigenvalue weighted by Gasteiger charge is 2.24. The highest BCUT2D eigenvalue weighted by atomic mass is 15.1. The molecule has 3 heteroatoms. The normalized spacial score (nSPS) is 18.1. The second kappa shape index (κ2) is 3.96. The topological polar surface area (TPSA) is 29.9 Å². The molecular formula is C11H17N3. The lowest BCUT2D eigenvalue weighted by Gasteiger charge is -2.10. The minimum absolute atomic E-state index is 0.359. The van der Waals surface area contributed by atoms with E-state index in [-0.39, 0.29) is 0 Å². The number of hydrogen-bond donors (Lipinski definition) is 1. The van der Waals surface area contributed by atoms with Crippen LogP contribution >= 0.6 is 0 Å². The molecule has 0 amide bonds. The molecule has 3 nitrogen and oxygen atoms in total. The van der Waals surface area contributed by atoms with Crippen LogP contribution in [0, 0.1) is 0 Å². The lowest BCUT2D eigenvalue weighted by Crippen LogP contribution is -2.24. The first-order chi connectivity index (χ1) is 6.81. The zero-order chi connectivity index (χ0) is 9.97. The lowest BCUT2D eigenvalue weighted by molar-refractivity contribution is 0.589. The van der Waals surface area contributed by atoms with Crippen molar-refractivity contribution in [1.29, 1.82) is 0 Å². The summed E-state index contributed by atoms with van der Waals surface area (Å²) in [5, 5.41) is 3.38. The molecule has 76 valence electrons. The Hall–Kier alpha value is -1.09. The third kappa shape index (κ3) is 2.04. The first-order valence-corrected chi connectivity index (χ1v) is 5.18. The smallest absolute Gasteiger partial charge is 0.0951 e. The SMILES string of the molecule is C=CC(C)NCc1cncn1C1CC1. The molecule has 1 unspecified atom stereocenters. The molecule has 1 aliphatic rings. The molecular weight excluding hydrogens is 174 g/mol. The highest BCUT2D eigenvalue weighted by Crippen LogP contribution is 2.35. The van der Waals surface area contributed by atoms with E-state index in [9.17, 15) is 0 Å². The fourth-order valence-corrected chi connectivity index (χ4v) is 1.50. The van der Waals surface area contributed by atoms with E-state index in [2.05, 4.69) is 28.4 Å². The molecule has 0 aromatic carbocycles. The van der Waals surface area contributed by atoms with Crippen LogP contribution in [0.2, 0.25) is 0 Å². The van der Waals surface area contributed by atoms with Crippen molar-refractivity contribution in [2.45, 2.75) is 38.4 Å². The van der Waals surface area contributed by atoms with Crippen LogP contribution in [-0.2, 0) is 6.54 Å². The zero-order valence-electron chi connectivity index (χ0n) is 8.61. The number of imidazole rings is 1. The molecule has 1 heterocycles. The van der Waals surface area contributed by atoms with Crippen LogP contribution in [0.1, 0.15) is 31.5 Å². The highest BCUT2D eigenvalue weighted by molar-refractivity contribution is 5.03. The van der Waals surface area contributed by atoms with E-state index >= 15 is 0 Å². The van der Waals surface area contributed by atoms with Gasteiger partial charge in [-0.1, -0.05) is 6.08 Å². The Balaban J connectivity index is 1.94.